The predicted octanol–water partition coefficient (Wildman–Crippen LogP) is 0.964. The highest BCUT2D eigenvalue weighted by Gasteiger charge is 2.33. The van der Waals surface area contributed by atoms with Gasteiger partial charge in [0.15, 0.2) is 11.5 Å². The number of benzene rings is 1. The Hall–Kier alpha value is -3.54. The first-order chi connectivity index (χ1) is 17.5. The molecule has 3 aliphatic rings. The standard InChI is InChI=1S/C25H30N6O5/c1-16-18(4-3-7-26-16)24(33)29-25-28-21-19(23-27-8-9-31(23)25)5-6-20(22(21)34-2)36-15-17(32)14-30-10-12-35-13-11-30/h3-7,17,32H,8-15H2,1-2H3,(H,28,29,33)/t17-/m0/s1. The van der Waals surface area contributed by atoms with Crippen LogP contribution in [0.1, 0.15) is 21.6 Å². The van der Waals surface area contributed by atoms with Gasteiger partial charge in [0.05, 0.1) is 32.4 Å². The molecule has 1 amide bonds. The number of nitrogens with zero attached hydrogens (tertiary/aromatic N) is 5. The lowest BCUT2D eigenvalue weighted by atomic mass is 10.1. The zero-order chi connectivity index (χ0) is 25.1. The molecule has 1 aromatic carbocycles. The number of guanidine groups is 1. The lowest BCUT2D eigenvalue weighted by molar-refractivity contribution is 0.00446. The van der Waals surface area contributed by atoms with Gasteiger partial charge in [0.1, 0.15) is 24.2 Å². The number of ether oxygens (including phenoxy) is 3. The number of methoxy groups -OCH3 is 1. The SMILES string of the molecule is COc1c(OC[C@@H](O)CN2CCOCC2)ccc2c1N=C(NC(=O)c1cccnc1C)N1CCN=C21. The molecule has 0 radical (unpaired) electrons. The normalized spacial score (nSPS) is 18.0. The van der Waals surface area contributed by atoms with Gasteiger partial charge in [0.2, 0.25) is 5.96 Å². The van der Waals surface area contributed by atoms with Crippen molar-refractivity contribution in [2.75, 3.05) is 59.7 Å². The summed E-state index contributed by atoms with van der Waals surface area (Å²) in [6, 6.07) is 7.13. The lowest BCUT2D eigenvalue weighted by Gasteiger charge is -2.29. The van der Waals surface area contributed by atoms with Crippen LogP contribution in [0.3, 0.4) is 0 Å². The monoisotopic (exact) mass is 494 g/mol. The molecule has 0 spiro atoms. The molecule has 4 heterocycles. The summed E-state index contributed by atoms with van der Waals surface area (Å²) >= 11 is 0. The van der Waals surface area contributed by atoms with Crippen LogP contribution in [0, 0.1) is 6.92 Å². The molecular formula is C25H30N6O5. The smallest absolute Gasteiger partial charge is 0.259 e. The molecule has 0 bridgehead atoms. The van der Waals surface area contributed by atoms with Crippen molar-refractivity contribution in [3.8, 4) is 11.5 Å². The number of carbonyl (C=O) groups is 1. The third-order valence-corrected chi connectivity index (χ3v) is 6.34. The molecule has 2 aromatic rings. The number of amidine groups is 1. The van der Waals surface area contributed by atoms with Crippen LogP contribution < -0.4 is 14.8 Å². The molecule has 3 aliphatic heterocycles. The van der Waals surface area contributed by atoms with Gasteiger partial charge in [0, 0.05) is 43.6 Å². The van der Waals surface area contributed by atoms with Gasteiger partial charge in [-0.05, 0) is 31.2 Å². The Kier molecular flexibility index (Phi) is 7.12. The Labute approximate surface area is 209 Å². The summed E-state index contributed by atoms with van der Waals surface area (Å²) in [6.45, 7) is 6.51. The zero-order valence-corrected chi connectivity index (χ0v) is 20.4. The number of amides is 1. The van der Waals surface area contributed by atoms with Gasteiger partial charge in [-0.15, -0.1) is 0 Å². The van der Waals surface area contributed by atoms with Crippen LogP contribution in [-0.4, -0.2) is 103 Å². The molecule has 190 valence electrons. The number of nitrogens with one attached hydrogen (secondary N) is 1. The Morgan fingerprint density at radius 3 is 2.86 bits per heavy atom. The lowest BCUT2D eigenvalue weighted by Crippen LogP contribution is -2.47. The number of aryl methyl sites for hydroxylation is 1. The van der Waals surface area contributed by atoms with Gasteiger partial charge in [0.25, 0.3) is 5.91 Å². The molecule has 1 atom stereocenters. The van der Waals surface area contributed by atoms with Crippen molar-refractivity contribution in [2.24, 2.45) is 9.98 Å². The highest BCUT2D eigenvalue weighted by atomic mass is 16.5. The zero-order valence-electron chi connectivity index (χ0n) is 20.4. The van der Waals surface area contributed by atoms with Gasteiger partial charge in [-0.2, -0.15) is 0 Å². The maximum atomic E-state index is 13.0. The van der Waals surface area contributed by atoms with E-state index in [2.05, 4.69) is 20.2 Å². The molecule has 1 fully saturated rings. The highest BCUT2D eigenvalue weighted by Crippen LogP contribution is 2.43. The van der Waals surface area contributed by atoms with E-state index in [-0.39, 0.29) is 12.5 Å². The first-order valence-electron chi connectivity index (χ1n) is 12.0. The number of hydrogen-bond acceptors (Lipinski definition) is 10. The first-order valence-corrected chi connectivity index (χ1v) is 12.0. The van der Waals surface area contributed by atoms with E-state index in [4.69, 9.17) is 19.2 Å². The average molecular weight is 495 g/mol. The quantitative estimate of drug-likeness (QED) is 0.584. The summed E-state index contributed by atoms with van der Waals surface area (Å²) < 4.78 is 17.0. The number of aliphatic hydroxyl groups excluding tert-OH is 1. The average Bonchev–Trinajstić information content (AvgIpc) is 3.38. The Balaban J connectivity index is 1.38. The molecule has 1 aromatic heterocycles. The number of fused-ring (bicyclic) bond motifs is 3. The van der Waals surface area contributed by atoms with Gasteiger partial charge in [-0.25, -0.2) is 4.99 Å². The van der Waals surface area contributed by atoms with E-state index >= 15 is 0 Å². The fourth-order valence-corrected chi connectivity index (χ4v) is 4.51. The van der Waals surface area contributed by atoms with E-state index in [9.17, 15) is 9.90 Å². The second kappa shape index (κ2) is 10.6. The molecule has 0 unspecified atom stereocenters. The first kappa shape index (κ1) is 24.2. The van der Waals surface area contributed by atoms with Crippen molar-refractivity contribution in [3.63, 3.8) is 0 Å². The largest absolute Gasteiger partial charge is 0.491 e. The van der Waals surface area contributed by atoms with Crippen molar-refractivity contribution < 1.29 is 24.1 Å². The molecule has 5 rings (SSSR count). The molecule has 2 N–H and O–H groups in total. The third kappa shape index (κ3) is 4.90. The molecule has 0 aliphatic carbocycles. The maximum absolute atomic E-state index is 13.0. The number of aromatic nitrogens is 1. The van der Waals surface area contributed by atoms with Crippen LogP contribution in [0.25, 0.3) is 0 Å². The van der Waals surface area contributed by atoms with Crippen molar-refractivity contribution in [1.29, 1.82) is 0 Å². The highest BCUT2D eigenvalue weighted by molar-refractivity contribution is 6.20. The molecule has 36 heavy (non-hydrogen) atoms. The number of rotatable bonds is 7. The number of β-amino-alcohol motifs (C(OH)–C–C–N with tert-alkyl or cyclic N) is 1. The van der Waals surface area contributed by atoms with Gasteiger partial charge < -0.3 is 19.3 Å². The Morgan fingerprint density at radius 2 is 2.08 bits per heavy atom. The number of carbonyl (C=O) groups excluding carboxylic acids is 1. The van der Waals surface area contributed by atoms with E-state index < -0.39 is 6.10 Å². The number of aliphatic imine (C=N–C) groups is 2. The van der Waals surface area contributed by atoms with E-state index in [1.54, 1.807) is 38.4 Å². The number of pyridine rings is 1. The van der Waals surface area contributed by atoms with Crippen molar-refractivity contribution in [3.05, 3.63) is 47.3 Å². The van der Waals surface area contributed by atoms with E-state index in [1.807, 2.05) is 11.0 Å². The molecule has 0 saturated carbocycles. The van der Waals surface area contributed by atoms with Gasteiger partial charge in [-0.1, -0.05) is 0 Å². The van der Waals surface area contributed by atoms with Crippen LogP contribution >= 0.6 is 0 Å². The van der Waals surface area contributed by atoms with Crippen LogP contribution in [0.4, 0.5) is 5.69 Å². The molecule has 11 nitrogen and oxygen atoms in total. The summed E-state index contributed by atoms with van der Waals surface area (Å²) in [5.41, 5.74) is 2.42. The second-order valence-electron chi connectivity index (χ2n) is 8.75. The third-order valence-electron chi connectivity index (χ3n) is 6.34. The van der Waals surface area contributed by atoms with Crippen LogP contribution in [0.5, 0.6) is 11.5 Å². The summed E-state index contributed by atoms with van der Waals surface area (Å²) in [7, 11) is 1.54. The van der Waals surface area contributed by atoms with Crippen molar-refractivity contribution in [1.82, 2.24) is 20.1 Å². The minimum absolute atomic E-state index is 0.104. The van der Waals surface area contributed by atoms with E-state index in [0.29, 0.717) is 67.3 Å². The molecule has 11 heteroatoms. The number of hydrogen-bond donors (Lipinski definition) is 2. The van der Waals surface area contributed by atoms with Crippen molar-refractivity contribution >= 4 is 23.4 Å². The maximum Gasteiger partial charge on any atom is 0.259 e. The van der Waals surface area contributed by atoms with E-state index in [1.165, 1.54) is 0 Å². The minimum atomic E-state index is -0.667. The van der Waals surface area contributed by atoms with Gasteiger partial charge in [-0.3, -0.25) is 29.9 Å². The Morgan fingerprint density at radius 1 is 1.25 bits per heavy atom. The second-order valence-corrected chi connectivity index (χ2v) is 8.75. The summed E-state index contributed by atoms with van der Waals surface area (Å²) in [5.74, 6) is 1.67. The summed E-state index contributed by atoms with van der Waals surface area (Å²) in [6.07, 6.45) is 0.982. The Bertz CT molecular complexity index is 1190. The molecular weight excluding hydrogens is 464 g/mol. The number of morpholine rings is 1. The van der Waals surface area contributed by atoms with Gasteiger partial charge >= 0.3 is 0 Å². The predicted molar refractivity (Wildman–Crippen MR) is 133 cm³/mol. The van der Waals surface area contributed by atoms with Crippen LogP contribution in [-0.2, 0) is 4.74 Å². The number of aliphatic hydroxyl groups is 1. The summed E-state index contributed by atoms with van der Waals surface area (Å²) in [5, 5.41) is 13.4. The summed E-state index contributed by atoms with van der Waals surface area (Å²) in [4.78, 5) is 30.6. The fraction of sp³-hybridized carbons (Fsp3) is 0.440. The topological polar surface area (TPSA) is 121 Å². The fourth-order valence-electron chi connectivity index (χ4n) is 4.51. The minimum Gasteiger partial charge on any atom is -0.491 e. The van der Waals surface area contributed by atoms with Crippen LogP contribution in [0.2, 0.25) is 0 Å². The molecule has 1 saturated heterocycles. The van der Waals surface area contributed by atoms with E-state index in [0.717, 1.165) is 24.5 Å². The van der Waals surface area contributed by atoms with Crippen LogP contribution in [0.15, 0.2) is 40.4 Å². The van der Waals surface area contributed by atoms with Crippen molar-refractivity contribution in [2.45, 2.75) is 13.0 Å².